The van der Waals surface area contributed by atoms with Gasteiger partial charge in [0.25, 0.3) is 0 Å². The average molecular weight is 605 g/mol. The first-order chi connectivity index (χ1) is 17.9. The zero-order chi connectivity index (χ0) is 27.2. The zero-order valence-electron chi connectivity index (χ0n) is 19.8. The number of nitrogens with one attached hydrogen (secondary N) is 1. The molecule has 0 spiro atoms. The predicted octanol–water partition coefficient (Wildman–Crippen LogP) is 6.70. The van der Waals surface area contributed by atoms with Crippen molar-refractivity contribution in [3.63, 3.8) is 0 Å². The molecule has 12 heteroatoms. The number of aryl methyl sites for hydroxylation is 2. The average Bonchev–Trinajstić information content (AvgIpc) is 3.35. The second-order valence-corrected chi connectivity index (χ2v) is 10.9. The second kappa shape index (κ2) is 9.75. The van der Waals surface area contributed by atoms with Gasteiger partial charge in [0.2, 0.25) is 0 Å². The van der Waals surface area contributed by atoms with Gasteiger partial charge in [-0.15, -0.1) is 11.3 Å². The first-order valence-electron chi connectivity index (χ1n) is 11.5. The molecule has 0 bridgehead atoms. The number of aromatic carboxylic acids is 1. The number of anilines is 2. The first-order valence-corrected chi connectivity index (χ1v) is 13.1. The van der Waals surface area contributed by atoms with Crippen LogP contribution in [0.3, 0.4) is 0 Å². The van der Waals surface area contributed by atoms with Gasteiger partial charge >= 0.3 is 12.1 Å². The Balaban J connectivity index is 1.47. The molecule has 1 atom stereocenters. The van der Waals surface area contributed by atoms with Crippen LogP contribution in [-0.4, -0.2) is 31.1 Å². The number of carboxylic acids is 1. The number of alkyl halides is 3. The minimum Gasteiger partial charge on any atom is -0.478 e. The maximum atomic E-state index is 13.1. The third kappa shape index (κ3) is 5.03. The quantitative estimate of drug-likeness (QED) is 0.232. The van der Waals surface area contributed by atoms with E-state index >= 15 is 0 Å². The molecule has 196 valence electrons. The lowest BCUT2D eigenvalue weighted by Gasteiger charge is -2.33. The van der Waals surface area contributed by atoms with E-state index in [2.05, 4.69) is 36.2 Å². The molecular formula is C26H20BrF3N4O3S. The molecule has 4 aromatic rings. The molecule has 1 unspecified atom stereocenters. The highest BCUT2D eigenvalue weighted by atomic mass is 79.9. The smallest absolute Gasteiger partial charge is 0.416 e. The summed E-state index contributed by atoms with van der Waals surface area (Å²) in [7, 11) is 0. The van der Waals surface area contributed by atoms with Crippen molar-refractivity contribution in [2.24, 2.45) is 0 Å². The van der Waals surface area contributed by atoms with Crippen LogP contribution in [0.1, 0.15) is 50.5 Å². The fourth-order valence-corrected chi connectivity index (χ4v) is 6.04. The van der Waals surface area contributed by atoms with Gasteiger partial charge in [0.15, 0.2) is 0 Å². The Bertz CT molecular complexity index is 1560. The first kappa shape index (κ1) is 26.3. The van der Waals surface area contributed by atoms with Crippen LogP contribution in [0.25, 0.3) is 10.6 Å². The summed E-state index contributed by atoms with van der Waals surface area (Å²) in [6.07, 6.45) is -0.104. The number of carboxylic acid groups (broad SMARTS) is 1. The van der Waals surface area contributed by atoms with Crippen molar-refractivity contribution < 1.29 is 28.2 Å². The molecule has 38 heavy (non-hydrogen) atoms. The van der Waals surface area contributed by atoms with Crippen molar-refractivity contribution in [3.05, 3.63) is 86.1 Å². The standard InChI is InChI=1S/C26H20BrF3N4O3S/c1-13-7-19(33-22(8-13)34-21-10-15(4-6-31-21)26(28,29)30)20-12-32-24(38-20)25(37)5-2-3-14-9-16(23(35)36)18(27)11-17(14)25/h4,6-12,37H,2-3,5H2,1H3,(H,35,36)(H,31,33,34). The van der Waals surface area contributed by atoms with E-state index < -0.39 is 23.3 Å². The monoisotopic (exact) mass is 604 g/mol. The van der Waals surface area contributed by atoms with Gasteiger partial charge in [0.1, 0.15) is 22.2 Å². The van der Waals surface area contributed by atoms with Crippen LogP contribution in [0, 0.1) is 6.92 Å². The summed E-state index contributed by atoms with van der Waals surface area (Å²) >= 11 is 4.56. The summed E-state index contributed by atoms with van der Waals surface area (Å²) in [4.78, 5) is 25.2. The Hall–Kier alpha value is -3.35. The van der Waals surface area contributed by atoms with Gasteiger partial charge < -0.3 is 15.5 Å². The van der Waals surface area contributed by atoms with Crippen LogP contribution in [-0.2, 0) is 18.2 Å². The topological polar surface area (TPSA) is 108 Å². The van der Waals surface area contributed by atoms with Crippen LogP contribution >= 0.6 is 27.3 Å². The van der Waals surface area contributed by atoms with E-state index in [0.29, 0.717) is 50.7 Å². The number of aliphatic hydroxyl groups is 1. The van der Waals surface area contributed by atoms with Crippen LogP contribution in [0.2, 0.25) is 0 Å². The number of benzene rings is 1. The van der Waals surface area contributed by atoms with E-state index in [1.54, 1.807) is 24.4 Å². The predicted molar refractivity (Wildman–Crippen MR) is 140 cm³/mol. The molecule has 0 saturated carbocycles. The summed E-state index contributed by atoms with van der Waals surface area (Å²) in [5.74, 6) is -0.734. The summed E-state index contributed by atoms with van der Waals surface area (Å²) in [6.45, 7) is 1.83. The summed E-state index contributed by atoms with van der Waals surface area (Å²) in [6, 6.07) is 8.55. The van der Waals surface area contributed by atoms with Crippen molar-refractivity contribution in [3.8, 4) is 10.6 Å². The zero-order valence-corrected chi connectivity index (χ0v) is 22.2. The Labute approximate surface area is 227 Å². The van der Waals surface area contributed by atoms with Gasteiger partial charge in [-0.1, -0.05) is 0 Å². The maximum Gasteiger partial charge on any atom is 0.416 e. The minimum atomic E-state index is -4.49. The molecular weight excluding hydrogens is 585 g/mol. The number of rotatable bonds is 5. The number of hydrogen-bond donors (Lipinski definition) is 3. The molecule has 3 aromatic heterocycles. The van der Waals surface area contributed by atoms with Gasteiger partial charge in [0, 0.05) is 16.9 Å². The van der Waals surface area contributed by atoms with Crippen LogP contribution < -0.4 is 5.32 Å². The number of halogens is 4. The van der Waals surface area contributed by atoms with Crippen molar-refractivity contribution in [1.82, 2.24) is 15.0 Å². The Morgan fingerprint density at radius 3 is 2.68 bits per heavy atom. The lowest BCUT2D eigenvalue weighted by Crippen LogP contribution is -2.32. The molecule has 1 aliphatic rings. The fourth-order valence-electron chi connectivity index (χ4n) is 4.51. The van der Waals surface area contributed by atoms with E-state index in [1.165, 1.54) is 11.3 Å². The highest BCUT2D eigenvalue weighted by Gasteiger charge is 2.40. The normalized spacial score (nSPS) is 17.2. The van der Waals surface area contributed by atoms with Crippen LogP contribution in [0.15, 0.2) is 53.3 Å². The van der Waals surface area contributed by atoms with Crippen molar-refractivity contribution in [1.29, 1.82) is 0 Å². The van der Waals surface area contributed by atoms with E-state index in [0.717, 1.165) is 29.5 Å². The SMILES string of the molecule is Cc1cc(Nc2cc(C(F)(F)F)ccn2)nc(-c2cnc(C3(O)CCCc4cc(C(=O)O)c(Br)cc43)s2)c1. The van der Waals surface area contributed by atoms with Gasteiger partial charge in [-0.25, -0.2) is 19.7 Å². The number of thiazole rings is 1. The summed E-state index contributed by atoms with van der Waals surface area (Å²) in [5.41, 5.74) is 0.617. The molecule has 3 N–H and O–H groups in total. The van der Waals surface area contributed by atoms with Gasteiger partial charge in [-0.05, 0) is 95.2 Å². The maximum absolute atomic E-state index is 13.1. The number of hydrogen-bond acceptors (Lipinski definition) is 7. The highest BCUT2D eigenvalue weighted by Crippen LogP contribution is 2.45. The number of nitrogens with zero attached hydrogens (tertiary/aromatic N) is 3. The van der Waals surface area contributed by atoms with Crippen LogP contribution in [0.4, 0.5) is 24.8 Å². The molecule has 3 heterocycles. The Kier molecular flexibility index (Phi) is 6.74. The third-order valence-corrected chi connectivity index (χ3v) is 8.11. The van der Waals surface area contributed by atoms with Crippen molar-refractivity contribution >= 4 is 44.9 Å². The molecule has 0 saturated heterocycles. The Morgan fingerprint density at radius 1 is 1.16 bits per heavy atom. The van der Waals surface area contributed by atoms with Crippen molar-refractivity contribution in [2.75, 3.05) is 5.32 Å². The molecule has 0 amide bonds. The number of pyridine rings is 2. The fraction of sp³-hybridized carbons (Fsp3) is 0.231. The third-order valence-electron chi connectivity index (χ3n) is 6.28. The van der Waals surface area contributed by atoms with E-state index in [-0.39, 0.29) is 11.4 Å². The largest absolute Gasteiger partial charge is 0.478 e. The summed E-state index contributed by atoms with van der Waals surface area (Å²) in [5, 5.41) is 24.5. The lowest BCUT2D eigenvalue weighted by molar-refractivity contribution is -0.137. The number of carbonyl (C=O) groups is 1. The number of fused-ring (bicyclic) bond motifs is 1. The molecule has 0 radical (unpaired) electrons. The second-order valence-electron chi connectivity index (χ2n) is 9.01. The molecule has 1 aliphatic carbocycles. The van der Waals surface area contributed by atoms with Gasteiger partial charge in [-0.3, -0.25) is 0 Å². The molecule has 0 aliphatic heterocycles. The molecule has 5 rings (SSSR count). The van der Waals surface area contributed by atoms with E-state index in [4.69, 9.17) is 0 Å². The summed E-state index contributed by atoms with van der Waals surface area (Å²) < 4.78 is 39.6. The van der Waals surface area contributed by atoms with E-state index in [1.807, 2.05) is 13.0 Å². The molecule has 7 nitrogen and oxygen atoms in total. The van der Waals surface area contributed by atoms with Gasteiger partial charge in [0.05, 0.1) is 21.7 Å². The highest BCUT2D eigenvalue weighted by molar-refractivity contribution is 9.10. The molecule has 1 aromatic carbocycles. The van der Waals surface area contributed by atoms with Gasteiger partial charge in [-0.2, -0.15) is 13.2 Å². The lowest BCUT2D eigenvalue weighted by atomic mass is 9.79. The van der Waals surface area contributed by atoms with Crippen molar-refractivity contribution in [2.45, 2.75) is 38.0 Å². The van der Waals surface area contributed by atoms with Crippen LogP contribution in [0.5, 0.6) is 0 Å². The number of aromatic nitrogens is 3. The molecule has 0 fully saturated rings. The minimum absolute atomic E-state index is 0.00768. The Morgan fingerprint density at radius 2 is 1.95 bits per heavy atom. The van der Waals surface area contributed by atoms with E-state index in [9.17, 15) is 28.2 Å².